The number of carboxylic acids is 1. The second kappa shape index (κ2) is 7.88. The lowest BCUT2D eigenvalue weighted by Gasteiger charge is -2.23. The van der Waals surface area contributed by atoms with Gasteiger partial charge in [0.2, 0.25) is 0 Å². The molecule has 0 aromatic heterocycles. The lowest BCUT2D eigenvalue weighted by atomic mass is 10.1. The summed E-state index contributed by atoms with van der Waals surface area (Å²) in [7, 11) is 1.38. The van der Waals surface area contributed by atoms with Gasteiger partial charge in [-0.25, -0.2) is 9.59 Å². The SMILES string of the molecule is COCC(NC(=O)NCC1CCCCO1)C(=O)O. The van der Waals surface area contributed by atoms with Gasteiger partial charge in [0.25, 0.3) is 0 Å². The molecule has 0 spiro atoms. The second-order valence-electron chi connectivity index (χ2n) is 4.19. The fraction of sp³-hybridized carbons (Fsp3) is 0.818. The third-order valence-electron chi connectivity index (χ3n) is 2.70. The van der Waals surface area contributed by atoms with Crippen molar-refractivity contribution in [3.8, 4) is 0 Å². The number of amides is 2. The third-order valence-corrected chi connectivity index (χ3v) is 2.70. The van der Waals surface area contributed by atoms with E-state index in [-0.39, 0.29) is 12.7 Å². The minimum Gasteiger partial charge on any atom is -0.480 e. The number of rotatable bonds is 6. The van der Waals surface area contributed by atoms with Gasteiger partial charge in [-0.05, 0) is 19.3 Å². The van der Waals surface area contributed by atoms with Crippen molar-refractivity contribution in [2.24, 2.45) is 0 Å². The van der Waals surface area contributed by atoms with E-state index in [1.807, 2.05) is 0 Å². The number of carboxylic acid groups (broad SMARTS) is 1. The molecule has 1 aliphatic heterocycles. The Morgan fingerprint density at radius 3 is 2.83 bits per heavy atom. The number of carbonyl (C=O) groups excluding carboxylic acids is 1. The predicted octanol–water partition coefficient (Wildman–Crippen LogP) is -0.0457. The minimum atomic E-state index is -1.12. The van der Waals surface area contributed by atoms with Crippen LogP contribution in [0.25, 0.3) is 0 Å². The van der Waals surface area contributed by atoms with Crippen LogP contribution in [0.15, 0.2) is 0 Å². The molecule has 0 bridgehead atoms. The molecule has 0 radical (unpaired) electrons. The number of nitrogens with one attached hydrogen (secondary N) is 2. The number of ether oxygens (including phenoxy) is 2. The third kappa shape index (κ3) is 5.33. The fourth-order valence-corrected chi connectivity index (χ4v) is 1.73. The maximum atomic E-state index is 11.5. The molecule has 7 heteroatoms. The summed E-state index contributed by atoms with van der Waals surface area (Å²) in [6.45, 7) is 1.04. The van der Waals surface area contributed by atoms with Crippen molar-refractivity contribution in [2.75, 3.05) is 26.9 Å². The van der Waals surface area contributed by atoms with Gasteiger partial charge in [-0.1, -0.05) is 0 Å². The van der Waals surface area contributed by atoms with E-state index in [2.05, 4.69) is 10.6 Å². The first-order valence-corrected chi connectivity index (χ1v) is 6.01. The maximum Gasteiger partial charge on any atom is 0.328 e. The lowest BCUT2D eigenvalue weighted by molar-refractivity contribution is -0.140. The Bertz CT molecular complexity index is 279. The Morgan fingerprint density at radius 2 is 2.28 bits per heavy atom. The topological polar surface area (TPSA) is 96.9 Å². The number of hydrogen-bond acceptors (Lipinski definition) is 4. The smallest absolute Gasteiger partial charge is 0.328 e. The van der Waals surface area contributed by atoms with Gasteiger partial charge in [0, 0.05) is 20.3 Å². The standard InChI is InChI=1S/C11H20N2O5/c1-17-7-9(10(14)15)13-11(16)12-6-8-4-2-3-5-18-8/h8-9H,2-7H2,1H3,(H,14,15)(H2,12,13,16). The molecule has 104 valence electrons. The Balaban J connectivity index is 2.24. The first-order chi connectivity index (χ1) is 8.63. The zero-order valence-electron chi connectivity index (χ0n) is 10.5. The number of carbonyl (C=O) groups is 2. The van der Waals surface area contributed by atoms with Crippen LogP contribution < -0.4 is 10.6 Å². The zero-order chi connectivity index (χ0) is 13.4. The van der Waals surface area contributed by atoms with E-state index in [4.69, 9.17) is 14.6 Å². The van der Waals surface area contributed by atoms with Crippen molar-refractivity contribution in [2.45, 2.75) is 31.4 Å². The van der Waals surface area contributed by atoms with E-state index in [0.717, 1.165) is 25.9 Å². The average molecular weight is 260 g/mol. The highest BCUT2D eigenvalue weighted by atomic mass is 16.5. The highest BCUT2D eigenvalue weighted by molar-refractivity contribution is 5.82. The molecule has 2 atom stereocenters. The predicted molar refractivity (Wildman–Crippen MR) is 63.4 cm³/mol. The summed E-state index contributed by atoms with van der Waals surface area (Å²) in [5.74, 6) is -1.12. The van der Waals surface area contributed by atoms with Gasteiger partial charge in [0.15, 0.2) is 6.04 Å². The Labute approximate surface area is 106 Å². The molecule has 3 N–H and O–H groups in total. The molecule has 1 aliphatic rings. The van der Waals surface area contributed by atoms with Crippen molar-refractivity contribution in [1.82, 2.24) is 10.6 Å². The molecule has 1 heterocycles. The number of hydrogen-bond donors (Lipinski definition) is 3. The highest BCUT2D eigenvalue weighted by Gasteiger charge is 2.20. The summed E-state index contributed by atoms with van der Waals surface area (Å²) in [6, 6.07) is -1.56. The van der Waals surface area contributed by atoms with Crippen molar-refractivity contribution in [3.63, 3.8) is 0 Å². The molecular weight excluding hydrogens is 240 g/mol. The van der Waals surface area contributed by atoms with Crippen LogP contribution in [0.4, 0.5) is 4.79 Å². The van der Waals surface area contributed by atoms with Gasteiger partial charge in [0.1, 0.15) is 0 Å². The molecule has 18 heavy (non-hydrogen) atoms. The fourth-order valence-electron chi connectivity index (χ4n) is 1.73. The minimum absolute atomic E-state index is 0.0233. The van der Waals surface area contributed by atoms with Crippen molar-refractivity contribution < 1.29 is 24.2 Å². The normalized spacial score (nSPS) is 21.1. The molecule has 1 saturated heterocycles. The van der Waals surface area contributed by atoms with Gasteiger partial charge >= 0.3 is 12.0 Å². The molecule has 0 aliphatic carbocycles. The Morgan fingerprint density at radius 1 is 1.50 bits per heavy atom. The molecule has 0 aromatic rings. The summed E-state index contributed by atoms with van der Waals surface area (Å²) in [4.78, 5) is 22.3. The van der Waals surface area contributed by atoms with E-state index >= 15 is 0 Å². The Hall–Kier alpha value is -1.34. The van der Waals surface area contributed by atoms with E-state index in [0.29, 0.717) is 6.54 Å². The van der Waals surface area contributed by atoms with E-state index in [1.165, 1.54) is 7.11 Å². The van der Waals surface area contributed by atoms with Crippen molar-refractivity contribution in [3.05, 3.63) is 0 Å². The summed E-state index contributed by atoms with van der Waals surface area (Å²) in [5.41, 5.74) is 0. The van der Waals surface area contributed by atoms with Gasteiger partial charge in [0.05, 0.1) is 12.7 Å². The van der Waals surface area contributed by atoms with Crippen LogP contribution in [0.3, 0.4) is 0 Å². The largest absolute Gasteiger partial charge is 0.480 e. The van der Waals surface area contributed by atoms with Gasteiger partial charge in [-0.2, -0.15) is 0 Å². The molecule has 2 amide bonds. The molecular formula is C11H20N2O5. The highest BCUT2D eigenvalue weighted by Crippen LogP contribution is 2.11. The maximum absolute atomic E-state index is 11.5. The summed E-state index contributed by atoms with van der Waals surface area (Å²) < 4.78 is 10.2. The molecule has 2 unspecified atom stereocenters. The number of urea groups is 1. The van der Waals surface area contributed by atoms with Gasteiger partial charge < -0.3 is 25.2 Å². The summed E-state index contributed by atoms with van der Waals surface area (Å²) in [6.07, 6.45) is 3.09. The average Bonchev–Trinajstić information content (AvgIpc) is 2.37. The second-order valence-corrected chi connectivity index (χ2v) is 4.19. The van der Waals surface area contributed by atoms with Crippen LogP contribution in [0.1, 0.15) is 19.3 Å². The van der Waals surface area contributed by atoms with Gasteiger partial charge in [-0.3, -0.25) is 0 Å². The first kappa shape index (κ1) is 14.7. The molecule has 0 aromatic carbocycles. The molecule has 0 saturated carbocycles. The number of aliphatic carboxylic acids is 1. The quantitative estimate of drug-likeness (QED) is 0.622. The van der Waals surface area contributed by atoms with E-state index in [1.54, 1.807) is 0 Å². The van der Waals surface area contributed by atoms with E-state index in [9.17, 15) is 9.59 Å². The van der Waals surface area contributed by atoms with Crippen LogP contribution >= 0.6 is 0 Å². The van der Waals surface area contributed by atoms with Crippen LogP contribution in [0.2, 0.25) is 0 Å². The summed E-state index contributed by atoms with van der Waals surface area (Å²) in [5, 5.41) is 13.8. The van der Waals surface area contributed by atoms with Crippen LogP contribution in [-0.2, 0) is 14.3 Å². The zero-order valence-corrected chi connectivity index (χ0v) is 10.5. The van der Waals surface area contributed by atoms with Crippen LogP contribution in [0, 0.1) is 0 Å². The van der Waals surface area contributed by atoms with Crippen LogP contribution in [0.5, 0.6) is 0 Å². The Kier molecular flexibility index (Phi) is 6.45. The molecule has 1 rings (SSSR count). The lowest BCUT2D eigenvalue weighted by Crippen LogP contribution is -2.49. The molecule has 7 nitrogen and oxygen atoms in total. The van der Waals surface area contributed by atoms with Crippen molar-refractivity contribution >= 4 is 12.0 Å². The number of methoxy groups -OCH3 is 1. The molecule has 1 fully saturated rings. The monoisotopic (exact) mass is 260 g/mol. The van der Waals surface area contributed by atoms with Gasteiger partial charge in [-0.15, -0.1) is 0 Å². The first-order valence-electron chi connectivity index (χ1n) is 6.01. The van der Waals surface area contributed by atoms with E-state index < -0.39 is 18.0 Å². The van der Waals surface area contributed by atoms with Crippen LogP contribution in [-0.4, -0.2) is 56.1 Å². The summed E-state index contributed by atoms with van der Waals surface area (Å²) >= 11 is 0. The van der Waals surface area contributed by atoms with Crippen molar-refractivity contribution in [1.29, 1.82) is 0 Å².